The molecule has 0 saturated carbocycles. The summed E-state index contributed by atoms with van der Waals surface area (Å²) in [4.78, 5) is 24.2. The van der Waals surface area contributed by atoms with Crippen LogP contribution in [0.3, 0.4) is 0 Å². The molecule has 0 fully saturated rings. The molecule has 0 saturated heterocycles. The van der Waals surface area contributed by atoms with Crippen LogP contribution in [0.5, 0.6) is 11.5 Å². The zero-order chi connectivity index (χ0) is 18.6. The van der Waals surface area contributed by atoms with Crippen LogP contribution in [0.1, 0.15) is 39.1 Å². The topological polar surface area (TPSA) is 63.6 Å². The first-order valence-corrected chi connectivity index (χ1v) is 7.33. The Morgan fingerprint density at radius 2 is 1.68 bits per heavy atom. The van der Waals surface area contributed by atoms with Gasteiger partial charge in [0.2, 0.25) is 0 Å². The number of halogens is 3. The number of ether oxygens (including phenoxy) is 1. The number of benzene rings is 2. The molecule has 132 valence electrons. The van der Waals surface area contributed by atoms with Crippen molar-refractivity contribution in [2.45, 2.75) is 19.0 Å². The first-order valence-electron chi connectivity index (χ1n) is 7.33. The summed E-state index contributed by atoms with van der Waals surface area (Å²) < 4.78 is 43.7. The average molecular weight is 352 g/mol. The smallest absolute Gasteiger partial charge is 0.417 e. The van der Waals surface area contributed by atoms with E-state index in [-0.39, 0.29) is 29.9 Å². The highest BCUT2D eigenvalue weighted by molar-refractivity contribution is 6.03. The first kappa shape index (κ1) is 18.5. The highest BCUT2D eigenvalue weighted by Gasteiger charge is 2.34. The molecule has 2 aromatic carbocycles. The Balaban J connectivity index is 2.12. The number of ketones is 2. The van der Waals surface area contributed by atoms with Gasteiger partial charge in [-0.05, 0) is 24.3 Å². The van der Waals surface area contributed by atoms with Crippen molar-refractivity contribution in [3.8, 4) is 11.5 Å². The summed E-state index contributed by atoms with van der Waals surface area (Å²) in [6, 6.07) is 8.41. The molecular weight excluding hydrogens is 337 g/mol. The van der Waals surface area contributed by atoms with E-state index in [0.717, 1.165) is 12.1 Å². The Morgan fingerprint density at radius 1 is 1.04 bits per heavy atom. The lowest BCUT2D eigenvalue weighted by atomic mass is 9.97. The number of phenols is 1. The van der Waals surface area contributed by atoms with Crippen molar-refractivity contribution in [2.24, 2.45) is 0 Å². The molecule has 0 aliphatic heterocycles. The Hall–Kier alpha value is -2.83. The lowest BCUT2D eigenvalue weighted by molar-refractivity contribution is -0.137. The van der Waals surface area contributed by atoms with Crippen LogP contribution >= 0.6 is 0 Å². The molecule has 0 amide bonds. The lowest BCUT2D eigenvalue weighted by Gasteiger charge is -2.11. The minimum atomic E-state index is -4.64. The second-order valence-corrected chi connectivity index (χ2v) is 5.28. The molecule has 0 atom stereocenters. The summed E-state index contributed by atoms with van der Waals surface area (Å²) in [6.07, 6.45) is -5.24. The summed E-state index contributed by atoms with van der Waals surface area (Å²) in [6.45, 7) is 0. The van der Waals surface area contributed by atoms with Gasteiger partial charge in [-0.25, -0.2) is 0 Å². The van der Waals surface area contributed by atoms with Gasteiger partial charge in [-0.1, -0.05) is 18.2 Å². The van der Waals surface area contributed by atoms with E-state index >= 15 is 0 Å². The summed E-state index contributed by atoms with van der Waals surface area (Å²) in [5.74, 6) is -1.24. The maximum atomic E-state index is 12.9. The summed E-state index contributed by atoms with van der Waals surface area (Å²) in [7, 11) is 1.32. The number of alkyl halides is 3. The molecule has 25 heavy (non-hydrogen) atoms. The van der Waals surface area contributed by atoms with Crippen molar-refractivity contribution in [1.82, 2.24) is 0 Å². The second-order valence-electron chi connectivity index (χ2n) is 5.28. The fraction of sp³-hybridized carbons (Fsp3) is 0.222. The van der Waals surface area contributed by atoms with Crippen LogP contribution in [-0.2, 0) is 6.18 Å². The van der Waals surface area contributed by atoms with E-state index in [1.165, 1.54) is 37.4 Å². The monoisotopic (exact) mass is 352 g/mol. The minimum absolute atomic E-state index is 0.0968. The van der Waals surface area contributed by atoms with Crippen molar-refractivity contribution in [3.05, 3.63) is 59.2 Å². The van der Waals surface area contributed by atoms with Gasteiger partial charge >= 0.3 is 6.18 Å². The van der Waals surface area contributed by atoms with E-state index < -0.39 is 28.9 Å². The quantitative estimate of drug-likeness (QED) is 0.789. The van der Waals surface area contributed by atoms with Crippen LogP contribution < -0.4 is 4.74 Å². The molecule has 2 rings (SSSR count). The molecule has 0 aliphatic rings. The molecule has 0 radical (unpaired) electrons. The van der Waals surface area contributed by atoms with Crippen molar-refractivity contribution in [1.29, 1.82) is 0 Å². The third-order valence-electron chi connectivity index (χ3n) is 3.61. The number of carbonyl (C=O) groups excluding carboxylic acids is 2. The van der Waals surface area contributed by atoms with E-state index in [2.05, 4.69) is 0 Å². The minimum Gasteiger partial charge on any atom is -0.504 e. The number of rotatable bonds is 6. The molecule has 1 N–H and O–H groups in total. The van der Waals surface area contributed by atoms with Gasteiger partial charge < -0.3 is 9.84 Å². The summed E-state index contributed by atoms with van der Waals surface area (Å²) >= 11 is 0. The standard InChI is InChI=1S/C18H15F3O4/c1-25-17-10-11(6-7-16(17)24)14(22)8-9-15(23)12-4-2-3-5-13(12)18(19,20)21/h2-7,10,24H,8-9H2,1H3. The number of carbonyl (C=O) groups is 2. The van der Waals surface area contributed by atoms with Gasteiger partial charge in [-0.3, -0.25) is 9.59 Å². The summed E-state index contributed by atoms with van der Waals surface area (Å²) in [5, 5.41) is 9.49. The van der Waals surface area contributed by atoms with E-state index in [1.807, 2.05) is 0 Å². The number of hydrogen-bond acceptors (Lipinski definition) is 4. The molecule has 0 bridgehead atoms. The Labute approximate surface area is 141 Å². The molecule has 2 aromatic rings. The van der Waals surface area contributed by atoms with Crippen molar-refractivity contribution >= 4 is 11.6 Å². The number of Topliss-reactive ketones (excluding diaryl/α,β-unsaturated/α-hetero) is 2. The normalized spacial score (nSPS) is 11.2. The first-order chi connectivity index (χ1) is 11.7. The molecule has 7 heteroatoms. The van der Waals surface area contributed by atoms with Crippen LogP contribution in [-0.4, -0.2) is 23.8 Å². The molecule has 0 spiro atoms. The molecule has 4 nitrogen and oxygen atoms in total. The SMILES string of the molecule is COc1cc(C(=O)CCC(=O)c2ccccc2C(F)(F)F)ccc1O. The highest BCUT2D eigenvalue weighted by atomic mass is 19.4. The second kappa shape index (κ2) is 7.38. The molecule has 0 unspecified atom stereocenters. The van der Waals surface area contributed by atoms with Gasteiger partial charge in [0, 0.05) is 24.0 Å². The number of methoxy groups -OCH3 is 1. The largest absolute Gasteiger partial charge is 0.504 e. The van der Waals surface area contributed by atoms with Gasteiger partial charge in [0.25, 0.3) is 0 Å². The maximum Gasteiger partial charge on any atom is 0.417 e. The van der Waals surface area contributed by atoms with Gasteiger partial charge in [0.05, 0.1) is 12.7 Å². The third-order valence-corrected chi connectivity index (χ3v) is 3.61. The Morgan fingerprint density at radius 3 is 2.32 bits per heavy atom. The van der Waals surface area contributed by atoms with Crippen molar-refractivity contribution < 1.29 is 32.6 Å². The van der Waals surface area contributed by atoms with Crippen LogP contribution in [0.25, 0.3) is 0 Å². The van der Waals surface area contributed by atoms with E-state index in [9.17, 15) is 27.9 Å². The van der Waals surface area contributed by atoms with E-state index in [1.54, 1.807) is 0 Å². The molecular formula is C18H15F3O4. The van der Waals surface area contributed by atoms with Gasteiger partial charge in [0.15, 0.2) is 23.1 Å². The van der Waals surface area contributed by atoms with Gasteiger partial charge in [-0.15, -0.1) is 0 Å². The molecule has 0 aliphatic carbocycles. The van der Waals surface area contributed by atoms with Crippen molar-refractivity contribution in [3.63, 3.8) is 0 Å². The van der Waals surface area contributed by atoms with Crippen LogP contribution in [0.4, 0.5) is 13.2 Å². The predicted octanol–water partition coefficient (Wildman–Crippen LogP) is 4.27. The van der Waals surface area contributed by atoms with Crippen molar-refractivity contribution in [2.75, 3.05) is 7.11 Å². The van der Waals surface area contributed by atoms with Crippen LogP contribution in [0.15, 0.2) is 42.5 Å². The Kier molecular flexibility index (Phi) is 5.46. The van der Waals surface area contributed by atoms with Gasteiger partial charge in [-0.2, -0.15) is 13.2 Å². The fourth-order valence-corrected chi connectivity index (χ4v) is 2.33. The van der Waals surface area contributed by atoms with E-state index in [0.29, 0.717) is 0 Å². The van der Waals surface area contributed by atoms with E-state index in [4.69, 9.17) is 4.74 Å². The zero-order valence-corrected chi connectivity index (χ0v) is 13.3. The Bertz CT molecular complexity index is 797. The zero-order valence-electron chi connectivity index (χ0n) is 13.3. The average Bonchev–Trinajstić information content (AvgIpc) is 2.59. The number of phenolic OH excluding ortho intramolecular Hbond substituents is 1. The molecule has 0 heterocycles. The van der Waals surface area contributed by atoms with Crippen LogP contribution in [0, 0.1) is 0 Å². The summed E-state index contributed by atoms with van der Waals surface area (Å²) in [5.41, 5.74) is -1.27. The van der Waals surface area contributed by atoms with Gasteiger partial charge in [0.1, 0.15) is 0 Å². The van der Waals surface area contributed by atoms with Crippen LogP contribution in [0.2, 0.25) is 0 Å². The highest BCUT2D eigenvalue weighted by Crippen LogP contribution is 2.32. The fourth-order valence-electron chi connectivity index (χ4n) is 2.33. The number of aromatic hydroxyl groups is 1. The third kappa shape index (κ3) is 4.37. The lowest BCUT2D eigenvalue weighted by Crippen LogP contribution is -2.14. The molecule has 0 aromatic heterocycles. The predicted molar refractivity (Wildman–Crippen MR) is 84.0 cm³/mol. The number of hydrogen-bond donors (Lipinski definition) is 1. The maximum absolute atomic E-state index is 12.9.